The monoisotopic (exact) mass is 262 g/mol. The summed E-state index contributed by atoms with van der Waals surface area (Å²) in [5, 5.41) is 9.03. The Bertz CT molecular complexity index is 395. The number of aliphatic carboxylic acids is 1. The molecule has 1 aromatic rings. The standard InChI is InChI=1S/C10H11ClO4S/c1-14-7-4-9(16-5-10(12)13)8(15-2)3-6(7)11/h3-4H,5H2,1-2H3,(H,12,13). The van der Waals surface area contributed by atoms with Crippen LogP contribution in [0.1, 0.15) is 0 Å². The number of benzene rings is 1. The molecule has 1 aromatic carbocycles. The second-order valence-electron chi connectivity index (χ2n) is 2.82. The van der Waals surface area contributed by atoms with Gasteiger partial charge in [-0.1, -0.05) is 11.6 Å². The molecule has 0 saturated carbocycles. The Morgan fingerprint density at radius 3 is 2.50 bits per heavy atom. The van der Waals surface area contributed by atoms with Crippen LogP contribution in [-0.2, 0) is 4.79 Å². The van der Waals surface area contributed by atoms with Gasteiger partial charge in [0.2, 0.25) is 0 Å². The average Bonchev–Trinajstić information content (AvgIpc) is 2.26. The van der Waals surface area contributed by atoms with E-state index in [4.69, 9.17) is 26.2 Å². The molecule has 0 aromatic heterocycles. The zero-order valence-electron chi connectivity index (χ0n) is 8.82. The summed E-state index contributed by atoms with van der Waals surface area (Å²) in [6, 6.07) is 3.26. The number of carboxylic acid groups (broad SMARTS) is 1. The summed E-state index contributed by atoms with van der Waals surface area (Å²) in [7, 11) is 3.00. The SMILES string of the molecule is COc1cc(SCC(=O)O)c(OC)cc1Cl. The highest BCUT2D eigenvalue weighted by atomic mass is 35.5. The molecule has 0 saturated heterocycles. The molecule has 0 heterocycles. The Balaban J connectivity index is 2.99. The van der Waals surface area contributed by atoms with Gasteiger partial charge in [-0.25, -0.2) is 0 Å². The third kappa shape index (κ3) is 3.21. The predicted octanol–water partition coefficient (Wildman–Crippen LogP) is 2.53. The lowest BCUT2D eigenvalue weighted by Crippen LogP contribution is -1.98. The van der Waals surface area contributed by atoms with Crippen molar-refractivity contribution in [2.24, 2.45) is 0 Å². The normalized spacial score (nSPS) is 9.94. The maximum Gasteiger partial charge on any atom is 0.313 e. The van der Waals surface area contributed by atoms with Gasteiger partial charge in [0, 0.05) is 6.07 Å². The van der Waals surface area contributed by atoms with Gasteiger partial charge in [-0.3, -0.25) is 4.79 Å². The van der Waals surface area contributed by atoms with Gasteiger partial charge in [-0.05, 0) is 6.07 Å². The van der Waals surface area contributed by atoms with E-state index >= 15 is 0 Å². The minimum absolute atomic E-state index is 0.0405. The van der Waals surface area contributed by atoms with E-state index in [2.05, 4.69) is 0 Å². The molecule has 16 heavy (non-hydrogen) atoms. The number of hydrogen-bond acceptors (Lipinski definition) is 4. The Morgan fingerprint density at radius 1 is 1.38 bits per heavy atom. The van der Waals surface area contributed by atoms with E-state index in [9.17, 15) is 4.79 Å². The third-order valence-electron chi connectivity index (χ3n) is 1.79. The number of carboxylic acids is 1. The van der Waals surface area contributed by atoms with Crippen LogP contribution in [0.4, 0.5) is 0 Å². The number of halogens is 1. The molecule has 1 rings (SSSR count). The molecule has 0 amide bonds. The molecule has 0 aliphatic carbocycles. The van der Waals surface area contributed by atoms with Crippen LogP contribution in [0.2, 0.25) is 5.02 Å². The number of hydrogen-bond donors (Lipinski definition) is 1. The lowest BCUT2D eigenvalue weighted by atomic mass is 10.3. The molecule has 0 aliphatic rings. The molecule has 0 bridgehead atoms. The Kier molecular flexibility index (Phi) is 4.76. The summed E-state index contributed by atoms with van der Waals surface area (Å²) in [6.07, 6.45) is 0. The van der Waals surface area contributed by atoms with E-state index in [0.29, 0.717) is 21.4 Å². The van der Waals surface area contributed by atoms with Gasteiger partial charge in [0.25, 0.3) is 0 Å². The van der Waals surface area contributed by atoms with Gasteiger partial charge >= 0.3 is 5.97 Å². The molecule has 6 heteroatoms. The number of methoxy groups -OCH3 is 2. The van der Waals surface area contributed by atoms with Crippen LogP contribution < -0.4 is 9.47 Å². The Hall–Kier alpha value is -1.07. The highest BCUT2D eigenvalue weighted by Crippen LogP contribution is 2.37. The predicted molar refractivity (Wildman–Crippen MR) is 62.9 cm³/mol. The topological polar surface area (TPSA) is 55.8 Å². The lowest BCUT2D eigenvalue weighted by molar-refractivity contribution is -0.133. The molecule has 88 valence electrons. The maximum absolute atomic E-state index is 10.5. The van der Waals surface area contributed by atoms with Crippen LogP contribution in [0.5, 0.6) is 11.5 Å². The zero-order chi connectivity index (χ0) is 12.1. The smallest absolute Gasteiger partial charge is 0.313 e. The van der Waals surface area contributed by atoms with Crippen molar-refractivity contribution in [1.82, 2.24) is 0 Å². The highest BCUT2D eigenvalue weighted by molar-refractivity contribution is 8.00. The van der Waals surface area contributed by atoms with Gasteiger partial charge in [-0.15, -0.1) is 11.8 Å². The van der Waals surface area contributed by atoms with Gasteiger partial charge in [-0.2, -0.15) is 0 Å². The molecule has 1 N–H and O–H groups in total. The van der Waals surface area contributed by atoms with Crippen LogP contribution in [0, 0.1) is 0 Å². The average molecular weight is 263 g/mol. The van der Waals surface area contributed by atoms with Crippen LogP contribution >= 0.6 is 23.4 Å². The van der Waals surface area contributed by atoms with Crippen molar-refractivity contribution in [1.29, 1.82) is 0 Å². The van der Waals surface area contributed by atoms with Gasteiger partial charge in [0.05, 0.1) is 29.9 Å². The Labute approximate surface area is 103 Å². The minimum Gasteiger partial charge on any atom is -0.496 e. The highest BCUT2D eigenvalue weighted by Gasteiger charge is 2.11. The molecular formula is C10H11ClO4S. The summed E-state index contributed by atoms with van der Waals surface area (Å²) in [5.74, 6) is 0.106. The van der Waals surface area contributed by atoms with E-state index in [1.54, 1.807) is 12.1 Å². The first-order chi connectivity index (χ1) is 7.58. The summed E-state index contributed by atoms with van der Waals surface area (Å²) in [5.41, 5.74) is 0. The van der Waals surface area contributed by atoms with E-state index in [1.165, 1.54) is 14.2 Å². The summed E-state index contributed by atoms with van der Waals surface area (Å²) < 4.78 is 10.1. The maximum atomic E-state index is 10.5. The second kappa shape index (κ2) is 5.86. The zero-order valence-corrected chi connectivity index (χ0v) is 10.4. The van der Waals surface area contributed by atoms with E-state index in [1.807, 2.05) is 0 Å². The summed E-state index contributed by atoms with van der Waals surface area (Å²) in [4.78, 5) is 11.2. The van der Waals surface area contributed by atoms with E-state index < -0.39 is 5.97 Å². The molecule has 0 aliphatic heterocycles. The molecule has 0 radical (unpaired) electrons. The molecular weight excluding hydrogens is 252 g/mol. The van der Waals surface area contributed by atoms with Crippen molar-refractivity contribution >= 4 is 29.3 Å². The van der Waals surface area contributed by atoms with E-state index in [0.717, 1.165) is 11.8 Å². The first-order valence-corrected chi connectivity index (χ1v) is 5.71. The van der Waals surface area contributed by atoms with Crippen LogP contribution in [0.25, 0.3) is 0 Å². The fourth-order valence-corrected chi connectivity index (χ4v) is 2.07. The van der Waals surface area contributed by atoms with E-state index in [-0.39, 0.29) is 5.75 Å². The summed E-state index contributed by atoms with van der Waals surface area (Å²) >= 11 is 7.07. The molecule has 4 nitrogen and oxygen atoms in total. The van der Waals surface area contributed by atoms with Crippen LogP contribution in [-0.4, -0.2) is 31.0 Å². The van der Waals surface area contributed by atoms with Crippen molar-refractivity contribution < 1.29 is 19.4 Å². The molecule has 0 atom stereocenters. The Morgan fingerprint density at radius 2 is 2.00 bits per heavy atom. The molecule has 0 spiro atoms. The van der Waals surface area contributed by atoms with Crippen LogP contribution in [0.15, 0.2) is 17.0 Å². The number of carbonyl (C=O) groups is 1. The second-order valence-corrected chi connectivity index (χ2v) is 4.24. The fraction of sp³-hybridized carbons (Fsp3) is 0.300. The van der Waals surface area contributed by atoms with Crippen molar-refractivity contribution in [3.8, 4) is 11.5 Å². The fourth-order valence-electron chi connectivity index (χ4n) is 1.08. The third-order valence-corrected chi connectivity index (χ3v) is 3.11. The van der Waals surface area contributed by atoms with Crippen molar-refractivity contribution in [3.63, 3.8) is 0 Å². The number of thioether (sulfide) groups is 1. The number of ether oxygens (including phenoxy) is 2. The quantitative estimate of drug-likeness (QED) is 0.827. The summed E-state index contributed by atoms with van der Waals surface area (Å²) in [6.45, 7) is 0. The van der Waals surface area contributed by atoms with Gasteiger partial charge < -0.3 is 14.6 Å². The van der Waals surface area contributed by atoms with Gasteiger partial charge in [0.15, 0.2) is 0 Å². The molecule has 0 unspecified atom stereocenters. The largest absolute Gasteiger partial charge is 0.496 e. The van der Waals surface area contributed by atoms with Gasteiger partial charge in [0.1, 0.15) is 11.5 Å². The van der Waals surface area contributed by atoms with Crippen LogP contribution in [0.3, 0.4) is 0 Å². The first-order valence-electron chi connectivity index (χ1n) is 4.34. The minimum atomic E-state index is -0.888. The number of rotatable bonds is 5. The molecule has 0 fully saturated rings. The van der Waals surface area contributed by atoms with Crippen molar-refractivity contribution in [3.05, 3.63) is 17.2 Å². The van der Waals surface area contributed by atoms with Crippen molar-refractivity contribution in [2.75, 3.05) is 20.0 Å². The first kappa shape index (κ1) is 13.0. The lowest BCUT2D eigenvalue weighted by Gasteiger charge is -2.10. The van der Waals surface area contributed by atoms with Crippen molar-refractivity contribution in [2.45, 2.75) is 4.90 Å².